The fraction of sp³-hybridized carbons (Fsp3) is 0.920. The Morgan fingerprint density at radius 2 is 0.647 bits per heavy atom. The zero-order valence-corrected chi connectivity index (χ0v) is 87.4. The van der Waals surface area contributed by atoms with Gasteiger partial charge in [-0.2, -0.15) is 0 Å². The van der Waals surface area contributed by atoms with E-state index in [0.29, 0.717) is 74.4 Å². The molecule has 21 nitrogen and oxygen atoms in total. The summed E-state index contributed by atoms with van der Waals surface area (Å²) in [6, 6.07) is 0. The first kappa shape index (κ1) is 105. The molecule has 0 spiro atoms. The van der Waals surface area contributed by atoms with Crippen LogP contribution in [0, 0.1) is 133 Å². The quantitative estimate of drug-likeness (QED) is 0.0516. The molecule has 22 atom stereocenters. The molecule has 0 radical (unpaired) electrons. The molecule has 3 saturated heterocycles. The lowest BCUT2D eigenvalue weighted by atomic mass is 9.52. The van der Waals surface area contributed by atoms with E-state index < -0.39 is 50.2 Å². The molecule has 0 aromatic rings. The normalized spacial score (nSPS) is 39.7. The van der Waals surface area contributed by atoms with E-state index in [1.54, 1.807) is 0 Å². The summed E-state index contributed by atoms with van der Waals surface area (Å²) in [7, 11) is 0. The molecule has 0 aromatic carbocycles. The lowest BCUT2D eigenvalue weighted by Gasteiger charge is -2.59. The second-order valence-electron chi connectivity index (χ2n) is 51.8. The molecule has 16 bridgehead atoms. The van der Waals surface area contributed by atoms with E-state index in [-0.39, 0.29) is 117 Å². The van der Waals surface area contributed by atoms with Crippen LogP contribution in [0.15, 0.2) is 0 Å². The molecule has 0 aromatic heterocycles. The highest BCUT2D eigenvalue weighted by atomic mass is 16.6. The fourth-order valence-corrected chi connectivity index (χ4v) is 29.8. The fourth-order valence-electron chi connectivity index (χ4n) is 29.8. The molecule has 18 aliphatic carbocycles. The van der Waals surface area contributed by atoms with Crippen LogP contribution in [0.1, 0.15) is 442 Å². The molecular formula is C112H182O21. The third kappa shape index (κ3) is 21.4. The van der Waals surface area contributed by atoms with E-state index in [4.69, 9.17) is 47.4 Å². The van der Waals surface area contributed by atoms with Crippen molar-refractivity contribution in [3.05, 3.63) is 0 Å². The predicted octanol–water partition coefficient (Wildman–Crippen LogP) is 23.5. The molecule has 0 amide bonds. The van der Waals surface area contributed by atoms with Gasteiger partial charge in [-0.3, -0.25) is 43.2 Å². The first-order valence-electron chi connectivity index (χ1n) is 54.2. The molecule has 21 fully saturated rings. The Hall–Kier alpha value is -4.89. The number of aliphatic hydroxyl groups is 2. The van der Waals surface area contributed by atoms with Gasteiger partial charge in [0.1, 0.15) is 34.1 Å². The zero-order chi connectivity index (χ0) is 97.5. The number of hydrogen-bond acceptors (Lipinski definition) is 21. The van der Waals surface area contributed by atoms with E-state index in [2.05, 4.69) is 34.6 Å². The Kier molecular flexibility index (Phi) is 31.1. The summed E-state index contributed by atoms with van der Waals surface area (Å²) in [5.41, 5.74) is -6.56. The molecule has 21 aliphatic rings. The Morgan fingerprint density at radius 3 is 0.985 bits per heavy atom. The molecule has 21 rings (SSSR count). The van der Waals surface area contributed by atoms with E-state index in [0.717, 1.165) is 220 Å². The molecule has 3 heterocycles. The Bertz CT molecular complexity index is 3890. The monoisotopic (exact) mass is 1860 g/mol. The number of fused-ring (bicyclic) bond motifs is 20. The number of carbonyl (C=O) groups is 9. The van der Waals surface area contributed by atoms with Crippen molar-refractivity contribution in [3.63, 3.8) is 0 Å². The second-order valence-corrected chi connectivity index (χ2v) is 51.8. The Morgan fingerprint density at radius 1 is 0.331 bits per heavy atom. The number of ether oxygens (including phenoxy) is 10. The first-order chi connectivity index (χ1) is 62.1. The van der Waals surface area contributed by atoms with Crippen molar-refractivity contribution in [2.75, 3.05) is 13.2 Å². The van der Waals surface area contributed by atoms with Gasteiger partial charge in [-0.05, 0) is 424 Å². The van der Waals surface area contributed by atoms with Crippen LogP contribution in [0.5, 0.6) is 0 Å². The molecule has 22 unspecified atom stereocenters. The SMILES string of the molecule is CCC(C)(C)C(=O)OC1(CC)CC2CC1C1C3CCC(C3)C21.CCC(C)(C)C(=O)OC1(CC)CC2CC1C1C3CCC(C3)C21.CCC(C)(C)C(=O)OC12CC3CC(CC(O)(C3)C1)C2.CCC(C)(C)C(=O)OC12CC3CC(CC(O)(C3)C1)C2.CCC(C)(C)C(=O)OC12CCCCC1OC(=O)C2.CCC(C)(C)C(=O)OC12CCOCC1OC(=O)C2.CCC1(OC(=O)C(C)(C)CC)CCCC1. The maximum absolute atomic E-state index is 12.7. The predicted molar refractivity (Wildman–Crippen MR) is 510 cm³/mol. The van der Waals surface area contributed by atoms with Gasteiger partial charge in [0.2, 0.25) is 0 Å². The van der Waals surface area contributed by atoms with E-state index in [1.165, 1.54) is 77.0 Å². The maximum Gasteiger partial charge on any atom is 0.312 e. The summed E-state index contributed by atoms with van der Waals surface area (Å²) in [4.78, 5) is 110. The smallest absolute Gasteiger partial charge is 0.312 e. The van der Waals surface area contributed by atoms with Crippen LogP contribution < -0.4 is 0 Å². The van der Waals surface area contributed by atoms with Gasteiger partial charge in [0.25, 0.3) is 0 Å². The van der Waals surface area contributed by atoms with Crippen molar-refractivity contribution in [2.45, 2.75) is 505 Å². The van der Waals surface area contributed by atoms with Crippen molar-refractivity contribution in [1.29, 1.82) is 0 Å². The number of carbonyl (C=O) groups excluding carboxylic acids is 9. The van der Waals surface area contributed by atoms with Crippen LogP contribution in [0.25, 0.3) is 0 Å². The summed E-state index contributed by atoms with van der Waals surface area (Å²) in [5.74, 6) is 11.8. The minimum atomic E-state index is -0.807. The van der Waals surface area contributed by atoms with Gasteiger partial charge in [0.15, 0.2) is 17.3 Å². The summed E-state index contributed by atoms with van der Waals surface area (Å²) in [5, 5.41) is 21.3. The summed E-state index contributed by atoms with van der Waals surface area (Å²) < 4.78 is 57.5. The van der Waals surface area contributed by atoms with Gasteiger partial charge in [0.05, 0.1) is 75.2 Å². The third-order valence-electron chi connectivity index (χ3n) is 40.1. The van der Waals surface area contributed by atoms with Crippen molar-refractivity contribution in [2.24, 2.45) is 133 Å². The van der Waals surface area contributed by atoms with Crippen LogP contribution in [0.3, 0.4) is 0 Å². The van der Waals surface area contributed by atoms with Gasteiger partial charge < -0.3 is 57.6 Å². The van der Waals surface area contributed by atoms with Crippen LogP contribution in [0.2, 0.25) is 0 Å². The molecule has 2 N–H and O–H groups in total. The minimum Gasteiger partial charge on any atom is -0.459 e. The van der Waals surface area contributed by atoms with Gasteiger partial charge in [-0.15, -0.1) is 0 Å². The summed E-state index contributed by atoms with van der Waals surface area (Å²) >= 11 is 0. The minimum absolute atomic E-state index is 0.0197. The second kappa shape index (κ2) is 39.2. The standard InChI is InChI=1S/2C20H32O2.2C16H26O3.C14H22O4.C13H20O5.C13H24O2/c2*1-5-19(3,4)18(21)22-20(6-2)11-14-10-15(20)17-13-8-7-12(9-13)16(14)17;2*1-4-14(2,3)13(17)19-16-8-11-5-12(9-16)7-15(18,6-11)10-16;1-4-13(2,3)12(16)18-14-8-6-5-7-10(14)17-11(15)9-14;1-4-12(2,3)11(15)18-13-5-6-16-8-9(13)17-10(14)7-13;1-5-12(3,4)11(14)15-13(6-2)9-7-8-10-13/h2*12-17H,5-11H2,1-4H3;2*11-12,18H,4-10H2,1-3H3;10H,4-9H2,1-3H3;9H,4-8H2,1-3H3;5-10H2,1-4H3. The van der Waals surface area contributed by atoms with Crippen molar-refractivity contribution >= 4 is 53.7 Å². The molecule has 21 heteroatoms. The van der Waals surface area contributed by atoms with Crippen molar-refractivity contribution < 1.29 is 101 Å². The first-order valence-corrected chi connectivity index (χ1v) is 54.2. The van der Waals surface area contributed by atoms with Crippen molar-refractivity contribution in [3.8, 4) is 0 Å². The number of hydrogen-bond donors (Lipinski definition) is 2. The Labute approximate surface area is 800 Å². The summed E-state index contributed by atoms with van der Waals surface area (Å²) in [6.45, 7) is 48.9. The van der Waals surface area contributed by atoms with Gasteiger partial charge in [0, 0.05) is 31.1 Å². The maximum atomic E-state index is 12.7. The van der Waals surface area contributed by atoms with Crippen LogP contribution in [-0.4, -0.2) is 140 Å². The van der Waals surface area contributed by atoms with Crippen LogP contribution >= 0.6 is 0 Å². The highest BCUT2D eigenvalue weighted by Crippen LogP contribution is 2.73. The van der Waals surface area contributed by atoms with Crippen LogP contribution in [0.4, 0.5) is 0 Å². The zero-order valence-electron chi connectivity index (χ0n) is 87.4. The lowest BCUT2D eigenvalue weighted by molar-refractivity contribution is -0.226. The molecule has 18 saturated carbocycles. The van der Waals surface area contributed by atoms with E-state index in [1.807, 2.05) is 132 Å². The molecule has 133 heavy (non-hydrogen) atoms. The van der Waals surface area contributed by atoms with Gasteiger partial charge in [-0.1, -0.05) is 69.2 Å². The number of esters is 9. The van der Waals surface area contributed by atoms with E-state index >= 15 is 0 Å². The van der Waals surface area contributed by atoms with E-state index in [9.17, 15) is 53.4 Å². The molecule has 756 valence electrons. The van der Waals surface area contributed by atoms with Crippen LogP contribution in [-0.2, 0) is 90.5 Å². The Balaban J connectivity index is 0.000000132. The van der Waals surface area contributed by atoms with Crippen molar-refractivity contribution in [1.82, 2.24) is 0 Å². The highest BCUT2D eigenvalue weighted by Gasteiger charge is 2.71. The lowest BCUT2D eigenvalue weighted by Crippen LogP contribution is -2.61. The van der Waals surface area contributed by atoms with Gasteiger partial charge >= 0.3 is 53.7 Å². The average Bonchev–Trinajstić information content (AvgIpc) is 1.53. The third-order valence-corrected chi connectivity index (χ3v) is 40.1. The average molecular weight is 1860 g/mol. The summed E-state index contributed by atoms with van der Waals surface area (Å²) in [6.07, 6.45) is 42.0. The largest absolute Gasteiger partial charge is 0.459 e. The topological polar surface area (TPSA) is 286 Å². The van der Waals surface area contributed by atoms with Gasteiger partial charge in [-0.25, -0.2) is 0 Å². The molecule has 3 aliphatic heterocycles. The highest BCUT2D eigenvalue weighted by molar-refractivity contribution is 5.81. The number of rotatable bonds is 24. The molecular weight excluding hydrogens is 1680 g/mol.